The molecule has 15 heavy (non-hydrogen) atoms. The molecule has 76 valence electrons. The van der Waals surface area contributed by atoms with E-state index in [2.05, 4.69) is 9.40 Å². The number of hydrogen-bond donors (Lipinski definition) is 1. The molecule has 0 bridgehead atoms. The van der Waals surface area contributed by atoms with Crippen LogP contribution in [0.25, 0.3) is 10.9 Å². The van der Waals surface area contributed by atoms with Gasteiger partial charge in [-0.25, -0.2) is 9.59 Å². The van der Waals surface area contributed by atoms with E-state index in [0.29, 0.717) is 0 Å². The predicted octanol–water partition coefficient (Wildman–Crippen LogP) is 0.389. The van der Waals surface area contributed by atoms with Gasteiger partial charge in [0.05, 0.1) is 10.3 Å². The van der Waals surface area contributed by atoms with Gasteiger partial charge in [0.1, 0.15) is 5.52 Å². The van der Waals surface area contributed by atoms with Crippen LogP contribution in [0.1, 0.15) is 0 Å². The first-order valence-electron chi connectivity index (χ1n) is 3.90. The Kier molecular flexibility index (Phi) is 1.86. The maximum absolute atomic E-state index is 11.2. The van der Waals surface area contributed by atoms with Gasteiger partial charge in [-0.1, -0.05) is 6.07 Å². The zero-order valence-corrected chi connectivity index (χ0v) is 7.22. The van der Waals surface area contributed by atoms with Crippen molar-refractivity contribution < 1.29 is 9.34 Å². The third kappa shape index (κ3) is 1.39. The molecule has 1 aromatic heterocycles. The summed E-state index contributed by atoms with van der Waals surface area (Å²) in [4.78, 5) is 34.0. The van der Waals surface area contributed by atoms with Crippen LogP contribution in [0.15, 0.2) is 32.2 Å². The van der Waals surface area contributed by atoms with Gasteiger partial charge in [-0.15, -0.1) is 0 Å². The summed E-state index contributed by atoms with van der Waals surface area (Å²) in [6, 6.07) is 3.87. The minimum Gasteiger partial charge on any atom is -0.372 e. The molecule has 0 saturated heterocycles. The maximum atomic E-state index is 11.2. The van der Waals surface area contributed by atoms with E-state index in [4.69, 9.17) is 0 Å². The Balaban J connectivity index is 3.04. The molecule has 0 spiro atoms. The summed E-state index contributed by atoms with van der Waals surface area (Å²) >= 11 is 0. The van der Waals surface area contributed by atoms with Crippen LogP contribution >= 0.6 is 0 Å². The molecule has 7 nitrogen and oxygen atoms in total. The summed E-state index contributed by atoms with van der Waals surface area (Å²) in [6.07, 6.45) is 0. The van der Waals surface area contributed by atoms with Crippen LogP contribution in [0.3, 0.4) is 0 Å². The fourth-order valence-corrected chi connectivity index (χ4v) is 1.26. The second kappa shape index (κ2) is 3.05. The van der Waals surface area contributed by atoms with E-state index in [1.807, 2.05) is 0 Å². The number of aromatic amines is 1. The number of non-ortho nitro benzene ring substituents is 1. The average Bonchev–Trinajstić information content (AvgIpc) is 2.16. The van der Waals surface area contributed by atoms with E-state index in [0.717, 1.165) is 0 Å². The molecule has 2 rings (SSSR count). The van der Waals surface area contributed by atoms with E-state index >= 15 is 0 Å². The number of para-hydroxylation sites is 1. The summed E-state index contributed by atoms with van der Waals surface area (Å²) in [7, 11) is 0. The van der Waals surface area contributed by atoms with Crippen LogP contribution in [0.4, 0.5) is 5.69 Å². The zero-order chi connectivity index (χ0) is 11.0. The Hall–Kier alpha value is -2.44. The molecule has 0 saturated carbocycles. The molecule has 0 aliphatic carbocycles. The van der Waals surface area contributed by atoms with Crippen molar-refractivity contribution in [2.45, 2.75) is 0 Å². The summed E-state index contributed by atoms with van der Waals surface area (Å²) in [6.45, 7) is 0. The van der Waals surface area contributed by atoms with Crippen molar-refractivity contribution in [1.29, 1.82) is 0 Å². The zero-order valence-electron chi connectivity index (χ0n) is 7.22. The number of H-pyrrole nitrogens is 1. The molecule has 0 aliphatic heterocycles. The van der Waals surface area contributed by atoms with Crippen molar-refractivity contribution in [3.63, 3.8) is 0 Å². The summed E-state index contributed by atoms with van der Waals surface area (Å²) in [5, 5.41) is 10.6. The lowest BCUT2D eigenvalue weighted by Crippen LogP contribution is -2.15. The van der Waals surface area contributed by atoms with E-state index in [1.54, 1.807) is 0 Å². The first-order chi connectivity index (χ1) is 7.09. The molecule has 0 amide bonds. The molecule has 0 unspecified atom stereocenters. The number of rotatable bonds is 1. The van der Waals surface area contributed by atoms with Crippen LogP contribution in [-0.2, 0) is 0 Å². The smallest absolute Gasteiger partial charge is 0.372 e. The van der Waals surface area contributed by atoms with Gasteiger partial charge in [-0.2, -0.15) is 0 Å². The van der Waals surface area contributed by atoms with Crippen molar-refractivity contribution in [3.8, 4) is 0 Å². The monoisotopic (exact) mass is 208 g/mol. The van der Waals surface area contributed by atoms with Gasteiger partial charge in [-0.05, 0) is 6.07 Å². The van der Waals surface area contributed by atoms with Crippen molar-refractivity contribution >= 4 is 16.6 Å². The largest absolute Gasteiger partial charge is 0.419 e. The number of fused-ring (bicyclic) bond motifs is 1. The highest BCUT2D eigenvalue weighted by atomic mass is 16.6. The Labute approximate surface area is 81.1 Å². The highest BCUT2D eigenvalue weighted by molar-refractivity contribution is 5.85. The fraction of sp³-hybridized carbons (Fsp3) is 0. The Bertz CT molecular complexity index is 654. The Morgan fingerprint density at radius 2 is 2.07 bits per heavy atom. The first kappa shape index (κ1) is 9.13. The number of nitrogens with zero attached hydrogens (tertiary/aromatic N) is 1. The lowest BCUT2D eigenvalue weighted by Gasteiger charge is -1.95. The van der Waals surface area contributed by atoms with E-state index in [9.17, 15) is 19.7 Å². The SMILES string of the molecule is O=c1[nH]c2c([N+](=O)[O-])cccc2c(=O)o1. The molecule has 0 fully saturated rings. The maximum Gasteiger partial charge on any atom is 0.419 e. The standard InChI is InChI=1S/C8H4N2O5/c11-7-4-2-1-3-5(10(13)14)6(4)9-8(12)15-7/h1-3H,(H,9,12). The molecule has 2 aromatic rings. The van der Waals surface area contributed by atoms with Crippen molar-refractivity contribution in [2.75, 3.05) is 0 Å². The van der Waals surface area contributed by atoms with E-state index < -0.39 is 16.3 Å². The van der Waals surface area contributed by atoms with Gasteiger partial charge in [-0.3, -0.25) is 15.1 Å². The summed E-state index contributed by atoms with van der Waals surface area (Å²) < 4.78 is 4.24. The number of hydrogen-bond acceptors (Lipinski definition) is 5. The van der Waals surface area contributed by atoms with Crippen molar-refractivity contribution in [1.82, 2.24) is 4.98 Å². The highest BCUT2D eigenvalue weighted by Crippen LogP contribution is 2.19. The van der Waals surface area contributed by atoms with Gasteiger partial charge in [0.15, 0.2) is 0 Å². The van der Waals surface area contributed by atoms with Crippen LogP contribution in [0.2, 0.25) is 0 Å². The van der Waals surface area contributed by atoms with Gasteiger partial charge < -0.3 is 4.42 Å². The molecule has 1 N–H and O–H groups in total. The normalized spacial score (nSPS) is 10.4. The molecule has 0 atom stereocenters. The van der Waals surface area contributed by atoms with Crippen molar-refractivity contribution in [3.05, 3.63) is 49.3 Å². The average molecular weight is 208 g/mol. The van der Waals surface area contributed by atoms with Crippen LogP contribution in [0, 0.1) is 10.1 Å². The van der Waals surface area contributed by atoms with E-state index in [-0.39, 0.29) is 16.6 Å². The molecule has 1 heterocycles. The van der Waals surface area contributed by atoms with Gasteiger partial charge in [0.25, 0.3) is 5.69 Å². The lowest BCUT2D eigenvalue weighted by atomic mass is 10.2. The quantitative estimate of drug-likeness (QED) is 0.538. The molecule has 7 heteroatoms. The second-order valence-electron chi connectivity index (χ2n) is 2.76. The Morgan fingerprint density at radius 1 is 1.33 bits per heavy atom. The lowest BCUT2D eigenvalue weighted by molar-refractivity contribution is -0.383. The Morgan fingerprint density at radius 3 is 2.73 bits per heavy atom. The number of aromatic nitrogens is 1. The van der Waals surface area contributed by atoms with Crippen LogP contribution in [0.5, 0.6) is 0 Å². The summed E-state index contributed by atoms with van der Waals surface area (Å²) in [5.41, 5.74) is -1.35. The first-order valence-corrected chi connectivity index (χ1v) is 3.90. The molecular weight excluding hydrogens is 204 g/mol. The van der Waals surface area contributed by atoms with Gasteiger partial charge >= 0.3 is 11.4 Å². The minimum absolute atomic E-state index is 0.0243. The number of nitrogens with one attached hydrogen (secondary N) is 1. The topological polar surface area (TPSA) is 106 Å². The highest BCUT2D eigenvalue weighted by Gasteiger charge is 2.14. The fourth-order valence-electron chi connectivity index (χ4n) is 1.26. The third-order valence-corrected chi connectivity index (χ3v) is 1.87. The van der Waals surface area contributed by atoms with Crippen molar-refractivity contribution in [2.24, 2.45) is 0 Å². The molecule has 0 radical (unpaired) electrons. The number of nitro benzene ring substituents is 1. The second-order valence-corrected chi connectivity index (χ2v) is 2.76. The number of nitro groups is 1. The summed E-state index contributed by atoms with van der Waals surface area (Å²) in [5.74, 6) is -1.01. The van der Waals surface area contributed by atoms with Crippen LogP contribution in [-0.4, -0.2) is 9.91 Å². The third-order valence-electron chi connectivity index (χ3n) is 1.87. The van der Waals surface area contributed by atoms with Gasteiger partial charge in [0, 0.05) is 6.07 Å². The van der Waals surface area contributed by atoms with E-state index in [1.165, 1.54) is 18.2 Å². The predicted molar refractivity (Wildman–Crippen MR) is 49.8 cm³/mol. The molecule has 0 aliphatic rings. The minimum atomic E-state index is -1.01. The van der Waals surface area contributed by atoms with Gasteiger partial charge in [0.2, 0.25) is 0 Å². The number of benzene rings is 1. The molecule has 1 aromatic carbocycles. The molecular formula is C8H4N2O5. The van der Waals surface area contributed by atoms with Crippen LogP contribution < -0.4 is 11.4 Å².